The molecule has 1 N–H and O–H groups in total. The molecule has 3 rings (SSSR count). The number of aromatic nitrogens is 5. The number of nitrogens with zero attached hydrogens (tertiary/aromatic N) is 5. The second-order valence-electron chi connectivity index (χ2n) is 6.48. The SMILES string of the molecule is CCOC(=O)CNC(=O)c1nnn(-c2ccc(Br)cc2)c1CSc1nc(C)cc(C)n1. The predicted molar refractivity (Wildman–Crippen MR) is 119 cm³/mol. The number of carbonyl (C=O) groups excluding carboxylic acids is 2. The third kappa shape index (κ3) is 6.11. The van der Waals surface area contributed by atoms with E-state index in [0.717, 1.165) is 21.5 Å². The molecule has 11 heteroatoms. The van der Waals surface area contributed by atoms with Crippen molar-refractivity contribution >= 4 is 39.6 Å². The number of ether oxygens (including phenoxy) is 1. The third-order valence-electron chi connectivity index (χ3n) is 4.05. The molecule has 1 amide bonds. The maximum absolute atomic E-state index is 12.7. The molecular formula is C20H21BrN6O3S. The zero-order valence-electron chi connectivity index (χ0n) is 17.3. The van der Waals surface area contributed by atoms with E-state index in [4.69, 9.17) is 4.74 Å². The van der Waals surface area contributed by atoms with E-state index in [-0.39, 0.29) is 18.8 Å². The number of thioether (sulfide) groups is 1. The van der Waals surface area contributed by atoms with Gasteiger partial charge in [0, 0.05) is 21.6 Å². The average Bonchev–Trinajstić information content (AvgIpc) is 3.14. The molecule has 0 saturated carbocycles. The van der Waals surface area contributed by atoms with Crippen molar-refractivity contribution < 1.29 is 14.3 Å². The lowest BCUT2D eigenvalue weighted by atomic mass is 10.3. The molecule has 162 valence electrons. The first kappa shape index (κ1) is 22.9. The van der Waals surface area contributed by atoms with Crippen LogP contribution in [0.2, 0.25) is 0 Å². The summed E-state index contributed by atoms with van der Waals surface area (Å²) in [6.45, 7) is 5.51. The molecule has 0 atom stereocenters. The average molecular weight is 505 g/mol. The first-order valence-corrected chi connectivity index (χ1v) is 11.2. The van der Waals surface area contributed by atoms with Gasteiger partial charge in [0.2, 0.25) is 0 Å². The Morgan fingerprint density at radius 3 is 2.48 bits per heavy atom. The fraction of sp³-hybridized carbons (Fsp3) is 0.300. The largest absolute Gasteiger partial charge is 0.465 e. The fourth-order valence-corrected chi connectivity index (χ4v) is 3.94. The molecule has 0 aliphatic carbocycles. The Morgan fingerprint density at radius 1 is 1.16 bits per heavy atom. The maximum Gasteiger partial charge on any atom is 0.325 e. The summed E-state index contributed by atoms with van der Waals surface area (Å²) in [4.78, 5) is 33.2. The molecule has 0 saturated heterocycles. The van der Waals surface area contributed by atoms with Gasteiger partial charge in [0.1, 0.15) is 6.54 Å². The van der Waals surface area contributed by atoms with Crippen LogP contribution in [0.3, 0.4) is 0 Å². The number of carbonyl (C=O) groups is 2. The molecule has 9 nitrogen and oxygen atoms in total. The molecule has 1 aromatic carbocycles. The zero-order chi connectivity index (χ0) is 22.4. The second kappa shape index (κ2) is 10.5. The number of aryl methyl sites for hydroxylation is 2. The Balaban J connectivity index is 1.88. The van der Waals surface area contributed by atoms with E-state index in [2.05, 4.69) is 41.5 Å². The van der Waals surface area contributed by atoms with Crippen molar-refractivity contribution in [1.29, 1.82) is 0 Å². The van der Waals surface area contributed by atoms with Crippen molar-refractivity contribution in [1.82, 2.24) is 30.3 Å². The van der Waals surface area contributed by atoms with Crippen molar-refractivity contribution in [3.05, 3.63) is 57.6 Å². The zero-order valence-corrected chi connectivity index (χ0v) is 19.7. The van der Waals surface area contributed by atoms with E-state index in [1.54, 1.807) is 11.6 Å². The normalized spacial score (nSPS) is 10.7. The number of esters is 1. The van der Waals surface area contributed by atoms with Crippen LogP contribution in [0, 0.1) is 13.8 Å². The van der Waals surface area contributed by atoms with Gasteiger partial charge in [0.25, 0.3) is 5.91 Å². The minimum absolute atomic E-state index is 0.129. The highest BCUT2D eigenvalue weighted by Gasteiger charge is 2.22. The van der Waals surface area contributed by atoms with Gasteiger partial charge < -0.3 is 10.1 Å². The van der Waals surface area contributed by atoms with Gasteiger partial charge >= 0.3 is 5.97 Å². The summed E-state index contributed by atoms with van der Waals surface area (Å²) in [5, 5.41) is 11.4. The van der Waals surface area contributed by atoms with Crippen molar-refractivity contribution in [2.24, 2.45) is 0 Å². The standard InChI is InChI=1S/C20H21BrN6O3S/c1-4-30-17(28)10-22-19(29)18-16(11-31-20-23-12(2)9-13(3)24-20)27(26-25-18)15-7-5-14(21)6-8-15/h5-9H,4,10-11H2,1-3H3,(H,22,29). The minimum atomic E-state index is -0.518. The van der Waals surface area contributed by atoms with Crippen LogP contribution in [-0.4, -0.2) is 50.0 Å². The van der Waals surface area contributed by atoms with Gasteiger partial charge in [-0.25, -0.2) is 14.6 Å². The summed E-state index contributed by atoms with van der Waals surface area (Å²) in [5.74, 6) is -0.669. The summed E-state index contributed by atoms with van der Waals surface area (Å²) in [5.41, 5.74) is 3.17. The van der Waals surface area contributed by atoms with E-state index in [0.29, 0.717) is 16.6 Å². The lowest BCUT2D eigenvalue weighted by Gasteiger charge is -2.09. The number of nitrogens with one attached hydrogen (secondary N) is 1. The number of halogens is 1. The van der Waals surface area contributed by atoms with Crippen LogP contribution in [0.1, 0.15) is 34.5 Å². The first-order valence-electron chi connectivity index (χ1n) is 9.46. The van der Waals surface area contributed by atoms with Gasteiger partial charge in [0.05, 0.1) is 18.0 Å². The molecular weight excluding hydrogens is 484 g/mol. The van der Waals surface area contributed by atoms with Crippen molar-refractivity contribution in [2.75, 3.05) is 13.2 Å². The number of rotatable bonds is 8. The predicted octanol–water partition coefficient (Wildman–Crippen LogP) is 3.02. The van der Waals surface area contributed by atoms with Gasteiger partial charge in [-0.1, -0.05) is 32.9 Å². The van der Waals surface area contributed by atoms with Crippen LogP contribution < -0.4 is 5.32 Å². The maximum atomic E-state index is 12.7. The number of amides is 1. The Bertz CT molecular complexity index is 1070. The molecule has 0 aliphatic heterocycles. The van der Waals surface area contributed by atoms with E-state index in [1.165, 1.54) is 11.8 Å². The molecule has 3 aromatic rings. The van der Waals surface area contributed by atoms with Crippen molar-refractivity contribution in [3.63, 3.8) is 0 Å². The van der Waals surface area contributed by atoms with Gasteiger partial charge in [0.15, 0.2) is 10.9 Å². The molecule has 2 aromatic heterocycles. The number of benzene rings is 1. The molecule has 0 radical (unpaired) electrons. The number of hydrogen-bond donors (Lipinski definition) is 1. The smallest absolute Gasteiger partial charge is 0.325 e. The van der Waals surface area contributed by atoms with Crippen molar-refractivity contribution in [3.8, 4) is 5.69 Å². The first-order chi connectivity index (χ1) is 14.9. The van der Waals surface area contributed by atoms with E-state index < -0.39 is 11.9 Å². The molecule has 2 heterocycles. The van der Waals surface area contributed by atoms with Gasteiger partial charge in [-0.2, -0.15) is 0 Å². The second-order valence-corrected chi connectivity index (χ2v) is 8.34. The topological polar surface area (TPSA) is 112 Å². The Kier molecular flexibility index (Phi) is 7.75. The van der Waals surface area contributed by atoms with E-state index >= 15 is 0 Å². The van der Waals surface area contributed by atoms with E-state index in [9.17, 15) is 9.59 Å². The fourth-order valence-electron chi connectivity index (χ4n) is 2.74. The van der Waals surface area contributed by atoms with Crippen molar-refractivity contribution in [2.45, 2.75) is 31.7 Å². The highest BCUT2D eigenvalue weighted by atomic mass is 79.9. The van der Waals surface area contributed by atoms with Crippen LogP contribution in [0.4, 0.5) is 0 Å². The van der Waals surface area contributed by atoms with Crippen LogP contribution in [0.5, 0.6) is 0 Å². The Hall–Kier alpha value is -2.79. The number of hydrogen-bond acceptors (Lipinski definition) is 8. The quantitative estimate of drug-likeness (QED) is 0.283. The molecule has 0 unspecified atom stereocenters. The lowest BCUT2D eigenvalue weighted by molar-refractivity contribution is -0.141. The highest BCUT2D eigenvalue weighted by molar-refractivity contribution is 9.10. The van der Waals surface area contributed by atoms with Crippen LogP contribution in [0.15, 0.2) is 40.0 Å². The Labute approximate surface area is 192 Å². The van der Waals surface area contributed by atoms with Gasteiger partial charge in [-0.15, -0.1) is 5.10 Å². The summed E-state index contributed by atoms with van der Waals surface area (Å²) >= 11 is 4.79. The minimum Gasteiger partial charge on any atom is -0.465 e. The summed E-state index contributed by atoms with van der Waals surface area (Å²) in [6, 6.07) is 9.37. The Morgan fingerprint density at radius 2 is 1.84 bits per heavy atom. The highest BCUT2D eigenvalue weighted by Crippen LogP contribution is 2.24. The third-order valence-corrected chi connectivity index (χ3v) is 5.44. The molecule has 0 spiro atoms. The molecule has 0 fully saturated rings. The van der Waals surface area contributed by atoms with Gasteiger partial charge in [-0.3, -0.25) is 9.59 Å². The monoisotopic (exact) mass is 504 g/mol. The summed E-state index contributed by atoms with van der Waals surface area (Å²) in [6.07, 6.45) is 0. The van der Waals surface area contributed by atoms with Crippen LogP contribution >= 0.6 is 27.7 Å². The van der Waals surface area contributed by atoms with Crippen LogP contribution in [0.25, 0.3) is 5.69 Å². The molecule has 0 bridgehead atoms. The molecule has 0 aliphatic rings. The van der Waals surface area contributed by atoms with E-state index in [1.807, 2.05) is 44.2 Å². The van der Waals surface area contributed by atoms with Gasteiger partial charge in [-0.05, 0) is 51.1 Å². The summed E-state index contributed by atoms with van der Waals surface area (Å²) < 4.78 is 7.37. The van der Waals surface area contributed by atoms with Crippen LogP contribution in [-0.2, 0) is 15.3 Å². The molecule has 31 heavy (non-hydrogen) atoms. The lowest BCUT2D eigenvalue weighted by Crippen LogP contribution is -2.31. The summed E-state index contributed by atoms with van der Waals surface area (Å²) in [7, 11) is 0.